The van der Waals surface area contributed by atoms with Crippen LogP contribution in [0.2, 0.25) is 0 Å². The fourth-order valence-corrected chi connectivity index (χ4v) is 2.98. The number of ether oxygens (including phenoxy) is 1. The SMILES string of the molecule is Cc1nn2ccc(OCc3ccccc3F)cc2c1N(C=O)C(C)(CO)C(N)=O. The van der Waals surface area contributed by atoms with Gasteiger partial charge in [-0.05, 0) is 26.0 Å². The van der Waals surface area contributed by atoms with E-state index in [-0.39, 0.29) is 12.4 Å². The van der Waals surface area contributed by atoms with Crippen LogP contribution in [0, 0.1) is 12.7 Å². The van der Waals surface area contributed by atoms with Gasteiger partial charge >= 0.3 is 0 Å². The first-order valence-corrected chi connectivity index (χ1v) is 8.82. The molecule has 3 rings (SSSR count). The lowest BCUT2D eigenvalue weighted by Crippen LogP contribution is -2.58. The first-order chi connectivity index (χ1) is 13.8. The Bertz CT molecular complexity index is 1070. The lowest BCUT2D eigenvalue weighted by molar-refractivity contribution is -0.126. The van der Waals surface area contributed by atoms with Crippen LogP contribution in [-0.4, -0.2) is 39.2 Å². The van der Waals surface area contributed by atoms with Crippen molar-refractivity contribution in [1.82, 2.24) is 9.61 Å². The van der Waals surface area contributed by atoms with Crippen LogP contribution in [0.3, 0.4) is 0 Å². The number of hydrogen-bond donors (Lipinski definition) is 2. The minimum absolute atomic E-state index is 0.0122. The molecule has 9 heteroatoms. The summed E-state index contributed by atoms with van der Waals surface area (Å²) in [5.41, 5.74) is 5.39. The topological polar surface area (TPSA) is 110 Å². The summed E-state index contributed by atoms with van der Waals surface area (Å²) >= 11 is 0. The van der Waals surface area contributed by atoms with Crippen molar-refractivity contribution in [3.05, 3.63) is 59.7 Å². The molecular weight excluding hydrogens is 379 g/mol. The van der Waals surface area contributed by atoms with E-state index in [9.17, 15) is 19.1 Å². The molecule has 3 aromatic rings. The summed E-state index contributed by atoms with van der Waals surface area (Å²) in [6, 6.07) is 9.54. The van der Waals surface area contributed by atoms with Crippen LogP contribution in [-0.2, 0) is 16.2 Å². The van der Waals surface area contributed by atoms with E-state index in [0.29, 0.717) is 34.6 Å². The number of aliphatic hydroxyl groups excluding tert-OH is 1. The molecular formula is C20H21FN4O4. The fourth-order valence-electron chi connectivity index (χ4n) is 2.98. The summed E-state index contributed by atoms with van der Waals surface area (Å²) in [4.78, 5) is 24.8. The first-order valence-electron chi connectivity index (χ1n) is 8.82. The molecule has 0 aliphatic carbocycles. The standard InChI is InChI=1S/C20H21FN4O4/c1-13-18(24(12-27)20(2,11-26)19(22)28)17-9-15(7-8-25(17)23-13)29-10-14-5-3-4-6-16(14)21/h3-9,12,26H,10-11H2,1-2H3,(H2,22,28). The third-order valence-corrected chi connectivity index (χ3v) is 4.82. The number of hydrogen-bond acceptors (Lipinski definition) is 5. The number of anilines is 1. The molecule has 0 fully saturated rings. The van der Waals surface area contributed by atoms with Gasteiger partial charge in [0.1, 0.15) is 23.7 Å². The van der Waals surface area contributed by atoms with Gasteiger partial charge < -0.3 is 15.6 Å². The average molecular weight is 400 g/mol. The summed E-state index contributed by atoms with van der Waals surface area (Å²) in [5.74, 6) is -0.822. The highest BCUT2D eigenvalue weighted by molar-refractivity contribution is 5.99. The molecule has 8 nitrogen and oxygen atoms in total. The van der Waals surface area contributed by atoms with Crippen LogP contribution in [0.1, 0.15) is 18.2 Å². The van der Waals surface area contributed by atoms with Gasteiger partial charge in [-0.15, -0.1) is 0 Å². The third-order valence-electron chi connectivity index (χ3n) is 4.82. The summed E-state index contributed by atoms with van der Waals surface area (Å²) < 4.78 is 21.0. The molecule has 1 aromatic carbocycles. The predicted molar refractivity (Wildman–Crippen MR) is 104 cm³/mol. The minimum Gasteiger partial charge on any atom is -0.489 e. The summed E-state index contributed by atoms with van der Waals surface area (Å²) in [6.07, 6.45) is 2.05. The molecule has 29 heavy (non-hydrogen) atoms. The van der Waals surface area contributed by atoms with Crippen molar-refractivity contribution >= 4 is 23.5 Å². The molecule has 3 N–H and O–H groups in total. The maximum atomic E-state index is 13.8. The highest BCUT2D eigenvalue weighted by Crippen LogP contribution is 2.32. The molecule has 0 aliphatic heterocycles. The van der Waals surface area contributed by atoms with E-state index in [1.54, 1.807) is 43.5 Å². The molecule has 0 spiro atoms. The zero-order chi connectivity index (χ0) is 21.2. The number of carbonyl (C=O) groups is 2. The van der Waals surface area contributed by atoms with Gasteiger partial charge in [0.05, 0.1) is 23.5 Å². The summed E-state index contributed by atoms with van der Waals surface area (Å²) in [6.45, 7) is 2.38. The van der Waals surface area contributed by atoms with Crippen molar-refractivity contribution in [1.29, 1.82) is 0 Å². The zero-order valence-electron chi connectivity index (χ0n) is 16.0. The quantitative estimate of drug-likeness (QED) is 0.558. The van der Waals surface area contributed by atoms with Crippen molar-refractivity contribution < 1.29 is 23.8 Å². The Morgan fingerprint density at radius 3 is 2.76 bits per heavy atom. The predicted octanol–water partition coefficient (Wildman–Crippen LogP) is 1.56. The summed E-state index contributed by atoms with van der Waals surface area (Å²) in [7, 11) is 0. The molecule has 1 unspecified atom stereocenters. The number of aliphatic hydroxyl groups is 1. The Morgan fingerprint density at radius 2 is 2.14 bits per heavy atom. The number of rotatable bonds is 8. The normalized spacial score (nSPS) is 13.1. The van der Waals surface area contributed by atoms with Gasteiger partial charge in [0.25, 0.3) is 0 Å². The number of fused-ring (bicyclic) bond motifs is 1. The van der Waals surface area contributed by atoms with E-state index in [2.05, 4.69) is 5.10 Å². The van der Waals surface area contributed by atoms with Crippen LogP contribution >= 0.6 is 0 Å². The van der Waals surface area contributed by atoms with Crippen molar-refractivity contribution in [2.24, 2.45) is 5.73 Å². The smallest absolute Gasteiger partial charge is 0.245 e. The number of nitrogens with zero attached hydrogens (tertiary/aromatic N) is 3. The zero-order valence-corrected chi connectivity index (χ0v) is 16.0. The van der Waals surface area contributed by atoms with Crippen LogP contribution in [0.5, 0.6) is 5.75 Å². The van der Waals surface area contributed by atoms with Crippen LogP contribution in [0.4, 0.5) is 10.1 Å². The van der Waals surface area contributed by atoms with Crippen LogP contribution < -0.4 is 15.4 Å². The molecule has 2 amide bonds. The average Bonchev–Trinajstić information content (AvgIpc) is 3.03. The maximum Gasteiger partial charge on any atom is 0.245 e. The highest BCUT2D eigenvalue weighted by atomic mass is 19.1. The van der Waals surface area contributed by atoms with Crippen molar-refractivity contribution in [3.63, 3.8) is 0 Å². The Balaban J connectivity index is 2.01. The fraction of sp³-hybridized carbons (Fsp3) is 0.250. The minimum atomic E-state index is -1.65. The van der Waals surface area contributed by atoms with Gasteiger partial charge in [-0.25, -0.2) is 8.91 Å². The number of benzene rings is 1. The molecule has 0 saturated carbocycles. The summed E-state index contributed by atoms with van der Waals surface area (Å²) in [5, 5.41) is 14.1. The number of pyridine rings is 1. The molecule has 0 aliphatic rings. The van der Waals surface area contributed by atoms with Gasteiger partial charge in [-0.1, -0.05) is 18.2 Å². The van der Waals surface area contributed by atoms with E-state index in [0.717, 1.165) is 4.90 Å². The number of amides is 2. The second kappa shape index (κ2) is 7.88. The van der Waals surface area contributed by atoms with Gasteiger partial charge in [0, 0.05) is 17.8 Å². The molecule has 2 heterocycles. The van der Waals surface area contributed by atoms with E-state index >= 15 is 0 Å². The number of nitrogens with two attached hydrogens (primary N) is 1. The van der Waals surface area contributed by atoms with Gasteiger partial charge in [0.2, 0.25) is 12.3 Å². The van der Waals surface area contributed by atoms with Crippen molar-refractivity contribution in [2.75, 3.05) is 11.5 Å². The van der Waals surface area contributed by atoms with Crippen molar-refractivity contribution in [2.45, 2.75) is 26.0 Å². The lowest BCUT2D eigenvalue weighted by atomic mass is 9.99. The van der Waals surface area contributed by atoms with E-state index in [1.807, 2.05) is 0 Å². The van der Waals surface area contributed by atoms with E-state index in [4.69, 9.17) is 10.5 Å². The highest BCUT2D eigenvalue weighted by Gasteiger charge is 2.40. The van der Waals surface area contributed by atoms with Gasteiger partial charge in [-0.2, -0.15) is 5.10 Å². The molecule has 2 aromatic heterocycles. The number of aromatic nitrogens is 2. The van der Waals surface area contributed by atoms with E-state index in [1.165, 1.54) is 17.5 Å². The van der Waals surface area contributed by atoms with E-state index < -0.39 is 18.1 Å². The third kappa shape index (κ3) is 3.64. The first kappa shape index (κ1) is 20.3. The maximum absolute atomic E-state index is 13.8. The number of aryl methyl sites for hydroxylation is 1. The van der Waals surface area contributed by atoms with Gasteiger partial charge in [0.15, 0.2) is 0 Å². The number of carbonyl (C=O) groups excluding carboxylic acids is 2. The largest absolute Gasteiger partial charge is 0.489 e. The molecule has 0 radical (unpaired) electrons. The second-order valence-electron chi connectivity index (χ2n) is 6.78. The molecule has 0 saturated heterocycles. The number of halogens is 1. The van der Waals surface area contributed by atoms with Gasteiger partial charge in [-0.3, -0.25) is 14.5 Å². The molecule has 152 valence electrons. The van der Waals surface area contributed by atoms with Crippen LogP contribution in [0.25, 0.3) is 5.52 Å². The Kier molecular flexibility index (Phi) is 5.51. The monoisotopic (exact) mass is 400 g/mol. The van der Waals surface area contributed by atoms with Crippen LogP contribution in [0.15, 0.2) is 42.6 Å². The molecule has 0 bridgehead atoms. The Morgan fingerprint density at radius 1 is 1.41 bits per heavy atom. The Labute approximate surface area is 166 Å². The lowest BCUT2D eigenvalue weighted by Gasteiger charge is -2.34. The second-order valence-corrected chi connectivity index (χ2v) is 6.78. The number of primary amides is 1. The van der Waals surface area contributed by atoms with Crippen molar-refractivity contribution in [3.8, 4) is 5.75 Å². The molecule has 1 atom stereocenters. The Hall–Kier alpha value is -3.46.